The van der Waals surface area contributed by atoms with Gasteiger partial charge in [0.15, 0.2) is 11.1 Å². The van der Waals surface area contributed by atoms with Crippen molar-refractivity contribution < 1.29 is 8.42 Å². The number of guanidine groups is 1. The van der Waals surface area contributed by atoms with E-state index in [-0.39, 0.29) is 11.8 Å². The Balaban J connectivity index is 1.39. The van der Waals surface area contributed by atoms with Crippen molar-refractivity contribution in [2.45, 2.75) is 45.1 Å². The van der Waals surface area contributed by atoms with Gasteiger partial charge in [0.1, 0.15) is 0 Å². The van der Waals surface area contributed by atoms with Crippen LogP contribution in [0.3, 0.4) is 0 Å². The highest BCUT2D eigenvalue weighted by molar-refractivity contribution is 7.89. The third-order valence-electron chi connectivity index (χ3n) is 5.37. The van der Waals surface area contributed by atoms with E-state index in [2.05, 4.69) is 25.9 Å². The van der Waals surface area contributed by atoms with Crippen molar-refractivity contribution in [2.75, 3.05) is 50.4 Å². The number of piperidine rings is 1. The summed E-state index contributed by atoms with van der Waals surface area (Å²) in [5.74, 6) is 0.941. The van der Waals surface area contributed by atoms with Gasteiger partial charge < -0.3 is 15.5 Å². The third-order valence-corrected chi connectivity index (χ3v) is 8.20. The quantitative estimate of drug-likeness (QED) is 0.502. The van der Waals surface area contributed by atoms with Crippen LogP contribution < -0.4 is 15.5 Å². The fourth-order valence-electron chi connectivity index (χ4n) is 3.62. The number of hydrogen-bond acceptors (Lipinski definition) is 6. The molecular weight excluding hydrogens is 396 g/mol. The average molecular weight is 429 g/mol. The van der Waals surface area contributed by atoms with Gasteiger partial charge in [0.25, 0.3) is 0 Å². The van der Waals surface area contributed by atoms with Crippen molar-refractivity contribution in [3.05, 3.63) is 11.1 Å². The van der Waals surface area contributed by atoms with Crippen LogP contribution in [0, 0.1) is 0 Å². The van der Waals surface area contributed by atoms with Gasteiger partial charge in [0.05, 0.1) is 11.4 Å². The second-order valence-electron chi connectivity index (χ2n) is 7.28. The molecule has 1 aromatic rings. The van der Waals surface area contributed by atoms with Crippen molar-refractivity contribution in [1.82, 2.24) is 19.9 Å². The van der Waals surface area contributed by atoms with Crippen LogP contribution >= 0.6 is 11.3 Å². The molecule has 3 rings (SSSR count). The van der Waals surface area contributed by atoms with Crippen LogP contribution in [0.25, 0.3) is 0 Å². The topological polar surface area (TPSA) is 89.9 Å². The smallest absolute Gasteiger partial charge is 0.213 e. The second-order valence-corrected chi connectivity index (χ2v) is 10.4. The summed E-state index contributed by atoms with van der Waals surface area (Å²) in [7, 11) is -1.31. The van der Waals surface area contributed by atoms with E-state index in [1.54, 1.807) is 29.6 Å². The molecule has 2 N–H and O–H groups in total. The monoisotopic (exact) mass is 428 g/mol. The fourth-order valence-corrected chi connectivity index (χ4v) is 5.67. The summed E-state index contributed by atoms with van der Waals surface area (Å²) < 4.78 is 25.5. The third kappa shape index (κ3) is 5.57. The van der Waals surface area contributed by atoms with Gasteiger partial charge >= 0.3 is 0 Å². The molecule has 0 amide bonds. The SMILES string of the molecule is CCS(=O)(=O)N1CCC(NC(=NC)NCCc2csc(N3CCCC3)n2)CC1. The predicted octanol–water partition coefficient (Wildman–Crippen LogP) is 1.26. The van der Waals surface area contributed by atoms with Gasteiger partial charge in [-0.25, -0.2) is 17.7 Å². The van der Waals surface area contributed by atoms with Crippen LogP contribution in [0.2, 0.25) is 0 Å². The summed E-state index contributed by atoms with van der Waals surface area (Å²) in [6.07, 6.45) is 4.98. The molecule has 1 aromatic heterocycles. The predicted molar refractivity (Wildman–Crippen MR) is 116 cm³/mol. The van der Waals surface area contributed by atoms with Crippen molar-refractivity contribution in [1.29, 1.82) is 0 Å². The van der Waals surface area contributed by atoms with Crippen molar-refractivity contribution in [2.24, 2.45) is 4.99 Å². The first-order chi connectivity index (χ1) is 13.5. The maximum atomic E-state index is 12.0. The first kappa shape index (κ1) is 21.3. The minimum absolute atomic E-state index is 0.171. The Morgan fingerprint density at radius 3 is 2.64 bits per heavy atom. The first-order valence-electron chi connectivity index (χ1n) is 10.2. The van der Waals surface area contributed by atoms with Crippen LogP contribution in [0.5, 0.6) is 0 Å². The minimum atomic E-state index is -3.08. The molecule has 0 saturated carbocycles. The fraction of sp³-hybridized carbons (Fsp3) is 0.778. The molecule has 0 aromatic carbocycles. The number of aliphatic imine (C=N–C) groups is 1. The zero-order valence-corrected chi connectivity index (χ0v) is 18.5. The van der Waals surface area contributed by atoms with Gasteiger partial charge in [-0.2, -0.15) is 0 Å². The molecule has 0 aliphatic carbocycles. The molecule has 158 valence electrons. The normalized spacial score (nSPS) is 19.9. The molecule has 8 nitrogen and oxygen atoms in total. The molecule has 2 aliphatic rings. The van der Waals surface area contributed by atoms with E-state index in [4.69, 9.17) is 4.98 Å². The van der Waals surface area contributed by atoms with Gasteiger partial charge in [-0.05, 0) is 32.6 Å². The van der Waals surface area contributed by atoms with Crippen LogP contribution in [-0.4, -0.2) is 75.2 Å². The van der Waals surface area contributed by atoms with E-state index in [0.29, 0.717) is 13.1 Å². The number of nitrogens with one attached hydrogen (secondary N) is 2. The maximum Gasteiger partial charge on any atom is 0.213 e. The zero-order chi connectivity index (χ0) is 20.0. The Kier molecular flexibility index (Phi) is 7.53. The first-order valence-corrected chi connectivity index (χ1v) is 12.6. The Labute approximate surface area is 172 Å². The molecule has 2 aliphatic heterocycles. The van der Waals surface area contributed by atoms with E-state index in [0.717, 1.165) is 55.7 Å². The van der Waals surface area contributed by atoms with E-state index >= 15 is 0 Å². The number of rotatable bonds is 7. The lowest BCUT2D eigenvalue weighted by molar-refractivity contribution is 0.306. The lowest BCUT2D eigenvalue weighted by Crippen LogP contribution is -2.50. The maximum absolute atomic E-state index is 12.0. The summed E-state index contributed by atoms with van der Waals surface area (Å²) >= 11 is 1.73. The largest absolute Gasteiger partial charge is 0.356 e. The molecule has 3 heterocycles. The van der Waals surface area contributed by atoms with Gasteiger partial charge in [0.2, 0.25) is 10.0 Å². The van der Waals surface area contributed by atoms with Crippen LogP contribution in [-0.2, 0) is 16.4 Å². The van der Waals surface area contributed by atoms with E-state index < -0.39 is 10.0 Å². The molecular formula is C18H32N6O2S2. The molecule has 0 radical (unpaired) electrons. The summed E-state index contributed by atoms with van der Waals surface area (Å²) in [6, 6.07) is 0.246. The van der Waals surface area contributed by atoms with Crippen LogP contribution in [0.15, 0.2) is 10.4 Å². The number of sulfonamides is 1. The molecule has 0 bridgehead atoms. The summed E-state index contributed by atoms with van der Waals surface area (Å²) in [4.78, 5) is 11.4. The Morgan fingerprint density at radius 2 is 2.00 bits per heavy atom. The van der Waals surface area contributed by atoms with E-state index in [1.165, 1.54) is 12.8 Å². The Morgan fingerprint density at radius 1 is 1.29 bits per heavy atom. The molecule has 28 heavy (non-hydrogen) atoms. The van der Waals surface area contributed by atoms with Crippen molar-refractivity contribution in [3.63, 3.8) is 0 Å². The van der Waals surface area contributed by atoms with Gasteiger partial charge in [-0.1, -0.05) is 0 Å². The lowest BCUT2D eigenvalue weighted by Gasteiger charge is -2.32. The van der Waals surface area contributed by atoms with Crippen LogP contribution in [0.1, 0.15) is 38.3 Å². The van der Waals surface area contributed by atoms with Gasteiger partial charge in [0, 0.05) is 57.6 Å². The Bertz CT molecular complexity index is 750. The number of nitrogens with zero attached hydrogens (tertiary/aromatic N) is 4. The van der Waals surface area contributed by atoms with Crippen LogP contribution in [0.4, 0.5) is 5.13 Å². The summed E-state index contributed by atoms with van der Waals surface area (Å²) in [5, 5.41) is 10.1. The molecule has 0 spiro atoms. The second kappa shape index (κ2) is 9.89. The van der Waals surface area contributed by atoms with Gasteiger partial charge in [-0.3, -0.25) is 4.99 Å². The van der Waals surface area contributed by atoms with Crippen molar-refractivity contribution in [3.8, 4) is 0 Å². The van der Waals surface area contributed by atoms with Gasteiger partial charge in [-0.15, -0.1) is 11.3 Å². The number of thiazole rings is 1. The summed E-state index contributed by atoms with van der Waals surface area (Å²) in [5.41, 5.74) is 1.12. The highest BCUT2D eigenvalue weighted by atomic mass is 32.2. The number of aromatic nitrogens is 1. The molecule has 2 saturated heterocycles. The average Bonchev–Trinajstić information content (AvgIpc) is 3.39. The molecule has 10 heteroatoms. The Hall–Kier alpha value is -1.39. The zero-order valence-electron chi connectivity index (χ0n) is 16.9. The summed E-state index contributed by atoms with van der Waals surface area (Å²) in [6.45, 7) is 5.86. The lowest BCUT2D eigenvalue weighted by atomic mass is 10.1. The molecule has 0 unspecified atom stereocenters. The standard InChI is InChI=1S/C18H32N6O2S2/c1-3-28(25,26)24-12-7-15(8-13-24)21-17(19-2)20-9-6-16-14-27-18(22-16)23-10-4-5-11-23/h14-15H,3-13H2,1-2H3,(H2,19,20,21). The highest BCUT2D eigenvalue weighted by Gasteiger charge is 2.27. The van der Waals surface area contributed by atoms with Crippen molar-refractivity contribution >= 4 is 32.5 Å². The molecule has 0 atom stereocenters. The minimum Gasteiger partial charge on any atom is -0.356 e. The van der Waals surface area contributed by atoms with E-state index in [9.17, 15) is 8.42 Å². The number of hydrogen-bond donors (Lipinski definition) is 2. The van der Waals surface area contributed by atoms with E-state index in [1.807, 2.05) is 0 Å². The number of anilines is 1. The molecule has 2 fully saturated rings. The highest BCUT2D eigenvalue weighted by Crippen LogP contribution is 2.24.